The summed E-state index contributed by atoms with van der Waals surface area (Å²) in [4.78, 5) is 2.53. The van der Waals surface area contributed by atoms with E-state index in [4.69, 9.17) is 16.3 Å². The molecule has 0 radical (unpaired) electrons. The summed E-state index contributed by atoms with van der Waals surface area (Å²) in [5.41, 5.74) is 4.16. The van der Waals surface area contributed by atoms with Crippen molar-refractivity contribution in [3.05, 3.63) is 64.2 Å². The van der Waals surface area contributed by atoms with Crippen molar-refractivity contribution >= 4 is 11.6 Å². The van der Waals surface area contributed by atoms with Gasteiger partial charge < -0.3 is 4.74 Å². The maximum absolute atomic E-state index is 5.92. The molecule has 2 aromatic carbocycles. The van der Waals surface area contributed by atoms with Crippen molar-refractivity contribution in [3.63, 3.8) is 0 Å². The van der Waals surface area contributed by atoms with Gasteiger partial charge in [-0.15, -0.1) is 0 Å². The van der Waals surface area contributed by atoms with Gasteiger partial charge in [-0.05, 0) is 55.1 Å². The zero-order valence-electron chi connectivity index (χ0n) is 13.0. The number of benzene rings is 2. The first-order valence-corrected chi connectivity index (χ1v) is 8.25. The lowest BCUT2D eigenvalue weighted by Gasteiger charge is -2.29. The molecule has 1 heterocycles. The standard InChI is InChI=1S/C19H22ClNO/c1-22-19-6-2-5-16-11-13-21(14-18(16)19)12-3-4-15-7-9-17(20)10-8-15/h2,5-10H,3-4,11-14H2,1H3. The number of hydrogen-bond donors (Lipinski definition) is 0. The molecule has 0 amide bonds. The molecule has 2 aromatic rings. The first kappa shape index (κ1) is 15.4. The highest BCUT2D eigenvalue weighted by atomic mass is 35.5. The van der Waals surface area contributed by atoms with Crippen LogP contribution in [0.1, 0.15) is 23.1 Å². The van der Waals surface area contributed by atoms with Crippen LogP contribution in [0.3, 0.4) is 0 Å². The monoisotopic (exact) mass is 315 g/mol. The van der Waals surface area contributed by atoms with Gasteiger partial charge in [0.2, 0.25) is 0 Å². The lowest BCUT2D eigenvalue weighted by Crippen LogP contribution is -2.31. The molecule has 3 rings (SSSR count). The van der Waals surface area contributed by atoms with E-state index < -0.39 is 0 Å². The molecular weight excluding hydrogens is 294 g/mol. The van der Waals surface area contributed by atoms with E-state index in [1.807, 2.05) is 12.1 Å². The van der Waals surface area contributed by atoms with Crippen molar-refractivity contribution in [2.45, 2.75) is 25.8 Å². The molecule has 0 aromatic heterocycles. The summed E-state index contributed by atoms with van der Waals surface area (Å²) in [6.07, 6.45) is 3.39. The van der Waals surface area contributed by atoms with Crippen LogP contribution in [0.5, 0.6) is 5.75 Å². The molecule has 0 spiro atoms. The minimum atomic E-state index is 0.809. The van der Waals surface area contributed by atoms with E-state index in [0.29, 0.717) is 0 Å². The topological polar surface area (TPSA) is 12.5 Å². The molecule has 3 heteroatoms. The average Bonchev–Trinajstić information content (AvgIpc) is 2.56. The van der Waals surface area contributed by atoms with Gasteiger partial charge in [0.1, 0.15) is 5.75 Å². The van der Waals surface area contributed by atoms with Crippen LogP contribution in [0.15, 0.2) is 42.5 Å². The zero-order valence-corrected chi connectivity index (χ0v) is 13.8. The normalized spacial score (nSPS) is 14.6. The Bertz CT molecular complexity index is 610. The molecule has 1 aliphatic rings. The minimum absolute atomic E-state index is 0.809. The number of fused-ring (bicyclic) bond motifs is 1. The molecular formula is C19H22ClNO. The van der Waals surface area contributed by atoms with Crippen molar-refractivity contribution in [1.82, 2.24) is 4.90 Å². The van der Waals surface area contributed by atoms with E-state index in [-0.39, 0.29) is 0 Å². The summed E-state index contributed by atoms with van der Waals surface area (Å²) in [5, 5.41) is 0.809. The number of halogens is 1. The highest BCUT2D eigenvalue weighted by molar-refractivity contribution is 6.30. The van der Waals surface area contributed by atoms with Crippen LogP contribution in [0.2, 0.25) is 5.02 Å². The Morgan fingerprint density at radius 3 is 2.73 bits per heavy atom. The number of rotatable bonds is 5. The molecule has 0 atom stereocenters. The number of hydrogen-bond acceptors (Lipinski definition) is 2. The molecule has 116 valence electrons. The summed E-state index contributed by atoms with van der Waals surface area (Å²) >= 11 is 5.92. The van der Waals surface area contributed by atoms with Gasteiger partial charge in [0.05, 0.1) is 7.11 Å². The van der Waals surface area contributed by atoms with Gasteiger partial charge in [0, 0.05) is 23.7 Å². The average molecular weight is 316 g/mol. The Morgan fingerprint density at radius 1 is 1.14 bits per heavy atom. The SMILES string of the molecule is COc1cccc2c1CN(CCCc1ccc(Cl)cc1)CC2. The quantitative estimate of drug-likeness (QED) is 0.814. The van der Waals surface area contributed by atoms with Gasteiger partial charge >= 0.3 is 0 Å². The van der Waals surface area contributed by atoms with E-state index in [1.54, 1.807) is 7.11 Å². The lowest BCUT2D eigenvalue weighted by molar-refractivity contribution is 0.246. The van der Waals surface area contributed by atoms with E-state index in [0.717, 1.165) is 43.2 Å². The molecule has 0 saturated carbocycles. The molecule has 1 aliphatic heterocycles. The van der Waals surface area contributed by atoms with Crippen molar-refractivity contribution in [1.29, 1.82) is 0 Å². The first-order valence-electron chi connectivity index (χ1n) is 7.88. The molecule has 0 aliphatic carbocycles. The fraction of sp³-hybridized carbons (Fsp3) is 0.368. The van der Waals surface area contributed by atoms with Gasteiger partial charge in [0.15, 0.2) is 0 Å². The second kappa shape index (κ2) is 7.17. The third-order valence-corrected chi connectivity index (χ3v) is 4.63. The molecule has 2 nitrogen and oxygen atoms in total. The van der Waals surface area contributed by atoms with Crippen LogP contribution in [-0.4, -0.2) is 25.1 Å². The summed E-state index contributed by atoms with van der Waals surface area (Å²) in [6.45, 7) is 3.26. The maximum Gasteiger partial charge on any atom is 0.123 e. The van der Waals surface area contributed by atoms with Crippen LogP contribution < -0.4 is 4.74 Å². The summed E-state index contributed by atoms with van der Waals surface area (Å²) < 4.78 is 5.51. The smallest absolute Gasteiger partial charge is 0.123 e. The first-order chi connectivity index (χ1) is 10.8. The van der Waals surface area contributed by atoms with Crippen molar-refractivity contribution in [3.8, 4) is 5.75 Å². The Labute approximate surface area is 137 Å². The predicted molar refractivity (Wildman–Crippen MR) is 91.7 cm³/mol. The Kier molecular flexibility index (Phi) is 5.01. The minimum Gasteiger partial charge on any atom is -0.496 e. The second-order valence-electron chi connectivity index (χ2n) is 5.85. The van der Waals surface area contributed by atoms with E-state index in [1.165, 1.54) is 23.1 Å². The van der Waals surface area contributed by atoms with Gasteiger partial charge in [-0.3, -0.25) is 4.90 Å². The highest BCUT2D eigenvalue weighted by Gasteiger charge is 2.18. The van der Waals surface area contributed by atoms with Crippen LogP contribution in [0, 0.1) is 0 Å². The Hall–Kier alpha value is -1.51. The highest BCUT2D eigenvalue weighted by Crippen LogP contribution is 2.28. The second-order valence-corrected chi connectivity index (χ2v) is 6.29. The summed E-state index contributed by atoms with van der Waals surface area (Å²) in [5.74, 6) is 1.03. The van der Waals surface area contributed by atoms with Gasteiger partial charge in [0.25, 0.3) is 0 Å². The third-order valence-electron chi connectivity index (χ3n) is 4.38. The Balaban J connectivity index is 1.55. The van der Waals surface area contributed by atoms with E-state index >= 15 is 0 Å². The lowest BCUT2D eigenvalue weighted by atomic mass is 9.98. The fourth-order valence-electron chi connectivity index (χ4n) is 3.15. The molecule has 0 N–H and O–H groups in total. The van der Waals surface area contributed by atoms with Gasteiger partial charge in [-0.1, -0.05) is 35.9 Å². The molecule has 0 fully saturated rings. The molecule has 0 unspecified atom stereocenters. The Morgan fingerprint density at radius 2 is 1.95 bits per heavy atom. The molecule has 0 saturated heterocycles. The van der Waals surface area contributed by atoms with Crippen molar-refractivity contribution in [2.24, 2.45) is 0 Å². The zero-order chi connectivity index (χ0) is 15.4. The predicted octanol–water partition coefficient (Wildman–Crippen LogP) is 4.34. The molecule has 22 heavy (non-hydrogen) atoms. The number of ether oxygens (including phenoxy) is 1. The van der Waals surface area contributed by atoms with Crippen molar-refractivity contribution < 1.29 is 4.74 Å². The largest absolute Gasteiger partial charge is 0.496 e. The van der Waals surface area contributed by atoms with Crippen LogP contribution in [0.25, 0.3) is 0 Å². The molecule has 0 bridgehead atoms. The van der Waals surface area contributed by atoms with E-state index in [9.17, 15) is 0 Å². The third kappa shape index (κ3) is 3.63. The van der Waals surface area contributed by atoms with Crippen LogP contribution in [-0.2, 0) is 19.4 Å². The van der Waals surface area contributed by atoms with Gasteiger partial charge in [-0.2, -0.15) is 0 Å². The summed E-state index contributed by atoms with van der Waals surface area (Å²) in [6, 6.07) is 14.6. The van der Waals surface area contributed by atoms with Gasteiger partial charge in [-0.25, -0.2) is 0 Å². The van der Waals surface area contributed by atoms with E-state index in [2.05, 4.69) is 35.2 Å². The van der Waals surface area contributed by atoms with Crippen LogP contribution in [0.4, 0.5) is 0 Å². The van der Waals surface area contributed by atoms with Crippen molar-refractivity contribution in [2.75, 3.05) is 20.2 Å². The number of aryl methyl sites for hydroxylation is 1. The number of methoxy groups -OCH3 is 1. The number of nitrogens with zero attached hydrogens (tertiary/aromatic N) is 1. The fourth-order valence-corrected chi connectivity index (χ4v) is 3.27. The summed E-state index contributed by atoms with van der Waals surface area (Å²) in [7, 11) is 1.76. The van der Waals surface area contributed by atoms with Crippen LogP contribution >= 0.6 is 11.6 Å². The maximum atomic E-state index is 5.92.